The molecule has 1 N–H and O–H groups in total. The summed E-state index contributed by atoms with van der Waals surface area (Å²) in [6.45, 7) is 5.46. The number of nitrogens with zero attached hydrogens (tertiary/aromatic N) is 1. The van der Waals surface area contributed by atoms with Crippen molar-refractivity contribution in [3.63, 3.8) is 0 Å². The second-order valence-electron chi connectivity index (χ2n) is 4.47. The molecule has 0 unspecified atom stereocenters. The number of hydrogen-bond donors (Lipinski definition) is 1. The summed E-state index contributed by atoms with van der Waals surface area (Å²) in [4.78, 5) is 24.4. The summed E-state index contributed by atoms with van der Waals surface area (Å²) in [7, 11) is 1.70. The number of aliphatic carboxylic acids is 1. The Morgan fingerprint density at radius 3 is 2.32 bits per heavy atom. The lowest BCUT2D eigenvalue weighted by atomic mass is 10.1. The van der Waals surface area contributed by atoms with E-state index >= 15 is 0 Å². The zero-order valence-electron chi connectivity index (χ0n) is 12.7. The van der Waals surface area contributed by atoms with E-state index in [9.17, 15) is 9.59 Å². The number of carbonyl (C=O) groups is 2. The Labute approximate surface area is 130 Å². The first-order chi connectivity index (χ1) is 10.5. The van der Waals surface area contributed by atoms with E-state index in [1.807, 2.05) is 13.0 Å². The van der Waals surface area contributed by atoms with Crippen molar-refractivity contribution in [1.82, 2.24) is 4.90 Å². The van der Waals surface area contributed by atoms with Gasteiger partial charge in [0.2, 0.25) is 0 Å². The number of amides is 1. The fourth-order valence-electron chi connectivity index (χ4n) is 1.78. The Morgan fingerprint density at radius 1 is 1.18 bits per heavy atom. The number of benzene rings is 1. The lowest BCUT2D eigenvalue weighted by Crippen LogP contribution is -2.25. The first-order valence-corrected chi connectivity index (χ1v) is 6.74. The van der Waals surface area contributed by atoms with Crippen molar-refractivity contribution in [2.45, 2.75) is 6.92 Å². The van der Waals surface area contributed by atoms with Gasteiger partial charge in [-0.2, -0.15) is 0 Å². The maximum Gasteiger partial charge on any atom is 0.328 e. The molecular formula is C18H19NO3. The third-order valence-electron chi connectivity index (χ3n) is 2.97. The van der Waals surface area contributed by atoms with E-state index in [-0.39, 0.29) is 5.91 Å². The van der Waals surface area contributed by atoms with E-state index in [0.29, 0.717) is 5.56 Å². The average molecular weight is 297 g/mol. The minimum Gasteiger partial charge on any atom is -0.478 e. The fourth-order valence-corrected chi connectivity index (χ4v) is 1.78. The van der Waals surface area contributed by atoms with Crippen LogP contribution in [-0.2, 0) is 4.79 Å². The minimum atomic E-state index is -1.01. The molecule has 0 aromatic heterocycles. The summed E-state index contributed by atoms with van der Waals surface area (Å²) in [6.07, 6.45) is 9.58. The summed E-state index contributed by atoms with van der Waals surface area (Å²) >= 11 is 0. The van der Waals surface area contributed by atoms with E-state index < -0.39 is 5.97 Å². The van der Waals surface area contributed by atoms with Crippen LogP contribution in [0.3, 0.4) is 0 Å². The zero-order valence-corrected chi connectivity index (χ0v) is 12.7. The first kappa shape index (κ1) is 17.2. The van der Waals surface area contributed by atoms with E-state index in [4.69, 9.17) is 5.11 Å². The second kappa shape index (κ2) is 8.42. The van der Waals surface area contributed by atoms with Gasteiger partial charge in [-0.3, -0.25) is 4.79 Å². The van der Waals surface area contributed by atoms with Crippen LogP contribution in [0.25, 0.3) is 6.08 Å². The zero-order chi connectivity index (χ0) is 16.5. The Kier molecular flexibility index (Phi) is 6.57. The van der Waals surface area contributed by atoms with Crippen LogP contribution in [0.2, 0.25) is 0 Å². The highest BCUT2D eigenvalue weighted by Gasteiger charge is 2.13. The van der Waals surface area contributed by atoms with Crippen molar-refractivity contribution < 1.29 is 14.7 Å². The van der Waals surface area contributed by atoms with Crippen molar-refractivity contribution >= 4 is 18.0 Å². The van der Waals surface area contributed by atoms with Crippen LogP contribution in [0.4, 0.5) is 0 Å². The van der Waals surface area contributed by atoms with Gasteiger partial charge in [0, 0.05) is 24.4 Å². The number of carboxylic acids is 1. The number of allylic oxidation sites excluding steroid dienone is 4. The van der Waals surface area contributed by atoms with Crippen LogP contribution in [0.5, 0.6) is 0 Å². The van der Waals surface area contributed by atoms with Crippen LogP contribution >= 0.6 is 0 Å². The molecule has 0 aliphatic carbocycles. The largest absolute Gasteiger partial charge is 0.478 e. The molecule has 1 aromatic carbocycles. The highest BCUT2D eigenvalue weighted by molar-refractivity contribution is 5.95. The Morgan fingerprint density at radius 2 is 1.82 bits per heavy atom. The highest BCUT2D eigenvalue weighted by Crippen LogP contribution is 2.12. The van der Waals surface area contributed by atoms with Gasteiger partial charge in [0.25, 0.3) is 5.91 Å². The number of hydrogen-bond acceptors (Lipinski definition) is 2. The first-order valence-electron chi connectivity index (χ1n) is 6.74. The normalized spacial score (nSPS) is 11.8. The van der Waals surface area contributed by atoms with Crippen molar-refractivity contribution in [2.75, 3.05) is 7.05 Å². The lowest BCUT2D eigenvalue weighted by molar-refractivity contribution is -0.131. The van der Waals surface area contributed by atoms with Gasteiger partial charge in [0.05, 0.1) is 0 Å². The van der Waals surface area contributed by atoms with Crippen molar-refractivity contribution in [3.05, 3.63) is 78.0 Å². The molecule has 0 saturated carbocycles. The Bertz CT molecular complexity index is 637. The molecule has 0 spiro atoms. The van der Waals surface area contributed by atoms with Gasteiger partial charge in [0.1, 0.15) is 0 Å². The molecule has 0 fully saturated rings. The fraction of sp³-hybridized carbons (Fsp3) is 0.111. The van der Waals surface area contributed by atoms with Gasteiger partial charge in [-0.25, -0.2) is 4.79 Å². The molecule has 1 aromatic rings. The van der Waals surface area contributed by atoms with Crippen LogP contribution < -0.4 is 0 Å². The molecule has 4 heteroatoms. The van der Waals surface area contributed by atoms with Crippen LogP contribution in [0.15, 0.2) is 66.9 Å². The summed E-state index contributed by atoms with van der Waals surface area (Å²) in [6, 6.07) is 6.75. The SMILES string of the molecule is C=C/C=C\C(=C/C)N(C)C(=O)c1ccc(/C=C/C(=O)O)cc1. The van der Waals surface area contributed by atoms with Gasteiger partial charge < -0.3 is 10.0 Å². The molecule has 1 rings (SSSR count). The number of carbonyl (C=O) groups excluding carboxylic acids is 1. The predicted octanol–water partition coefficient (Wildman–Crippen LogP) is 3.50. The number of rotatable bonds is 6. The topological polar surface area (TPSA) is 57.6 Å². The smallest absolute Gasteiger partial charge is 0.328 e. The Hall–Kier alpha value is -2.88. The summed E-state index contributed by atoms with van der Waals surface area (Å²) in [5, 5.41) is 8.58. The maximum absolute atomic E-state index is 12.4. The molecule has 0 saturated heterocycles. The summed E-state index contributed by atoms with van der Waals surface area (Å²) < 4.78 is 0. The predicted molar refractivity (Wildman–Crippen MR) is 88.3 cm³/mol. The molecule has 1 amide bonds. The second-order valence-corrected chi connectivity index (χ2v) is 4.47. The molecule has 4 nitrogen and oxygen atoms in total. The molecule has 0 aliphatic heterocycles. The molecule has 0 aliphatic rings. The quantitative estimate of drug-likeness (QED) is 0.646. The van der Waals surface area contributed by atoms with Gasteiger partial charge in [-0.05, 0) is 36.8 Å². The molecular weight excluding hydrogens is 278 g/mol. The molecule has 0 radical (unpaired) electrons. The minimum absolute atomic E-state index is 0.143. The highest BCUT2D eigenvalue weighted by atomic mass is 16.4. The van der Waals surface area contributed by atoms with E-state index in [0.717, 1.165) is 17.3 Å². The third-order valence-corrected chi connectivity index (χ3v) is 2.97. The average Bonchev–Trinajstić information content (AvgIpc) is 2.53. The van der Waals surface area contributed by atoms with Gasteiger partial charge in [-0.1, -0.05) is 36.9 Å². The van der Waals surface area contributed by atoms with Gasteiger partial charge in [-0.15, -0.1) is 0 Å². The van der Waals surface area contributed by atoms with Crippen LogP contribution in [-0.4, -0.2) is 28.9 Å². The molecule has 22 heavy (non-hydrogen) atoms. The summed E-state index contributed by atoms with van der Waals surface area (Å²) in [5.41, 5.74) is 2.01. The standard InChI is InChI=1S/C18H19NO3/c1-4-6-7-16(5-2)19(3)18(22)15-11-8-14(9-12-15)10-13-17(20)21/h4-13H,1H2,2-3H3,(H,20,21)/b7-6-,13-10+,16-5+. The van der Waals surface area contributed by atoms with Crippen LogP contribution in [0, 0.1) is 0 Å². The lowest BCUT2D eigenvalue weighted by Gasteiger charge is -2.18. The molecule has 0 atom stereocenters. The molecule has 0 bridgehead atoms. The van der Waals surface area contributed by atoms with E-state index in [1.54, 1.807) is 54.4 Å². The van der Waals surface area contributed by atoms with Crippen molar-refractivity contribution in [1.29, 1.82) is 0 Å². The van der Waals surface area contributed by atoms with Crippen molar-refractivity contribution in [2.24, 2.45) is 0 Å². The van der Waals surface area contributed by atoms with Crippen molar-refractivity contribution in [3.8, 4) is 0 Å². The van der Waals surface area contributed by atoms with Gasteiger partial charge >= 0.3 is 5.97 Å². The third kappa shape index (κ3) is 4.90. The molecule has 114 valence electrons. The Balaban J connectivity index is 2.91. The monoisotopic (exact) mass is 297 g/mol. The van der Waals surface area contributed by atoms with E-state index in [2.05, 4.69) is 6.58 Å². The van der Waals surface area contributed by atoms with E-state index in [1.165, 1.54) is 6.08 Å². The summed E-state index contributed by atoms with van der Waals surface area (Å²) in [5.74, 6) is -1.15. The van der Waals surface area contributed by atoms with Gasteiger partial charge in [0.15, 0.2) is 0 Å². The number of likely N-dealkylation sites (N-methyl/N-ethyl adjacent to an activating group) is 1. The number of carboxylic acid groups (broad SMARTS) is 1. The van der Waals surface area contributed by atoms with Crippen LogP contribution in [0.1, 0.15) is 22.8 Å². The maximum atomic E-state index is 12.4. The molecule has 0 heterocycles.